The van der Waals surface area contributed by atoms with Crippen LogP contribution >= 0.6 is 0 Å². The van der Waals surface area contributed by atoms with Crippen molar-refractivity contribution in [2.75, 3.05) is 6.61 Å². The van der Waals surface area contributed by atoms with Gasteiger partial charge in [-0.1, -0.05) is 32.1 Å². The van der Waals surface area contributed by atoms with Crippen molar-refractivity contribution >= 4 is 5.91 Å². The van der Waals surface area contributed by atoms with Gasteiger partial charge in [-0.05, 0) is 24.7 Å². The monoisotopic (exact) mass is 317 g/mol. The Kier molecular flexibility index (Phi) is 4.14. The lowest BCUT2D eigenvalue weighted by Crippen LogP contribution is -2.39. The fourth-order valence-corrected chi connectivity index (χ4v) is 4.53. The number of aromatic nitrogens is 2. The summed E-state index contributed by atoms with van der Waals surface area (Å²) in [5.74, 6) is 2.84. The number of amides is 1. The largest absolute Gasteiger partial charge is 0.368 e. The smallest absolute Gasteiger partial charge is 0.223 e. The fraction of sp³-hybridized carbons (Fsp3) is 0.778. The van der Waals surface area contributed by atoms with E-state index in [9.17, 15) is 4.79 Å². The number of ether oxygens (including phenoxy) is 1. The first-order valence-electron chi connectivity index (χ1n) is 9.13. The minimum absolute atomic E-state index is 0.0659. The van der Waals surface area contributed by atoms with Gasteiger partial charge in [0.15, 0.2) is 0 Å². The van der Waals surface area contributed by atoms with E-state index in [0.717, 1.165) is 24.6 Å². The first-order valence-corrected chi connectivity index (χ1v) is 9.13. The molecule has 3 aliphatic rings. The highest BCUT2D eigenvalue weighted by atomic mass is 16.5. The van der Waals surface area contributed by atoms with E-state index < -0.39 is 0 Å². The normalized spacial score (nSPS) is 34.5. The lowest BCUT2D eigenvalue weighted by molar-refractivity contribution is -0.124. The molecular weight excluding hydrogens is 290 g/mol. The number of hydrogen-bond acceptors (Lipinski definition) is 3. The van der Waals surface area contributed by atoms with Crippen LogP contribution in [0, 0.1) is 17.8 Å². The van der Waals surface area contributed by atoms with Crippen LogP contribution in [0.1, 0.15) is 56.9 Å². The van der Waals surface area contributed by atoms with Gasteiger partial charge in [-0.2, -0.15) is 0 Å². The molecule has 4 atom stereocenters. The Labute approximate surface area is 137 Å². The molecule has 3 fully saturated rings. The number of rotatable bonds is 4. The molecule has 126 valence electrons. The van der Waals surface area contributed by atoms with Gasteiger partial charge < -0.3 is 14.6 Å². The van der Waals surface area contributed by atoms with Crippen LogP contribution in [0.4, 0.5) is 0 Å². The van der Waals surface area contributed by atoms with Crippen molar-refractivity contribution < 1.29 is 9.53 Å². The second-order valence-electron chi connectivity index (χ2n) is 7.50. The Morgan fingerprint density at radius 2 is 2.13 bits per heavy atom. The minimum Gasteiger partial charge on any atom is -0.368 e. The van der Waals surface area contributed by atoms with E-state index in [1.807, 2.05) is 17.8 Å². The quantitative estimate of drug-likeness (QED) is 0.928. The molecule has 1 N–H and O–H groups in total. The maximum absolute atomic E-state index is 12.6. The molecular formula is C18H27N3O2. The standard InChI is InChI=1S/C18H27N3O2/c1-21-9-8-19-17(21)16-15(7-10-23-16)20-18(22)14-11-13(14)12-5-3-2-4-6-12/h8-9,12-16H,2-7,10-11H2,1H3,(H,20,22)/t13-,14-,15-,16-/m0/s1. The zero-order chi connectivity index (χ0) is 15.8. The molecule has 5 heteroatoms. The predicted octanol–water partition coefficient (Wildman–Crippen LogP) is 2.58. The molecule has 0 aromatic carbocycles. The Bertz CT molecular complexity index is 564. The predicted molar refractivity (Wildman–Crippen MR) is 86.6 cm³/mol. The van der Waals surface area contributed by atoms with E-state index in [4.69, 9.17) is 4.74 Å². The zero-order valence-corrected chi connectivity index (χ0v) is 13.9. The Balaban J connectivity index is 1.35. The van der Waals surface area contributed by atoms with Gasteiger partial charge in [0.1, 0.15) is 11.9 Å². The third kappa shape index (κ3) is 3.03. The fourth-order valence-electron chi connectivity index (χ4n) is 4.53. The molecule has 0 unspecified atom stereocenters. The van der Waals surface area contributed by atoms with Crippen molar-refractivity contribution in [1.82, 2.24) is 14.9 Å². The summed E-state index contributed by atoms with van der Waals surface area (Å²) in [7, 11) is 1.98. The van der Waals surface area contributed by atoms with E-state index in [1.165, 1.54) is 32.1 Å². The highest BCUT2D eigenvalue weighted by molar-refractivity contribution is 5.82. The number of hydrogen-bond donors (Lipinski definition) is 1. The Hall–Kier alpha value is -1.36. The zero-order valence-electron chi connectivity index (χ0n) is 13.9. The third-order valence-electron chi connectivity index (χ3n) is 5.96. The molecule has 0 spiro atoms. The molecule has 2 aliphatic carbocycles. The molecule has 1 aromatic heterocycles. The van der Waals surface area contributed by atoms with Crippen LogP contribution in [0.15, 0.2) is 12.4 Å². The summed E-state index contributed by atoms with van der Waals surface area (Å²) in [6.07, 6.45) is 12.3. The lowest BCUT2D eigenvalue weighted by Gasteiger charge is -2.22. The highest BCUT2D eigenvalue weighted by Gasteiger charge is 2.48. The number of nitrogens with one attached hydrogen (secondary N) is 1. The van der Waals surface area contributed by atoms with E-state index in [1.54, 1.807) is 6.20 Å². The summed E-state index contributed by atoms with van der Waals surface area (Å²) in [5.41, 5.74) is 0. The van der Waals surface area contributed by atoms with Gasteiger partial charge in [0, 0.05) is 32.0 Å². The molecule has 4 rings (SSSR count). The number of carbonyl (C=O) groups is 1. The van der Waals surface area contributed by atoms with Crippen LogP contribution in [0.5, 0.6) is 0 Å². The topological polar surface area (TPSA) is 56.1 Å². The number of imidazole rings is 1. The van der Waals surface area contributed by atoms with Crippen molar-refractivity contribution in [1.29, 1.82) is 0 Å². The van der Waals surface area contributed by atoms with Crippen LogP contribution in [0.2, 0.25) is 0 Å². The van der Waals surface area contributed by atoms with Crippen LogP contribution in [-0.4, -0.2) is 28.1 Å². The summed E-state index contributed by atoms with van der Waals surface area (Å²) in [4.78, 5) is 17.0. The Morgan fingerprint density at radius 3 is 2.87 bits per heavy atom. The van der Waals surface area contributed by atoms with Crippen molar-refractivity contribution in [3.8, 4) is 0 Å². The van der Waals surface area contributed by atoms with Gasteiger partial charge in [-0.25, -0.2) is 4.98 Å². The first-order chi connectivity index (χ1) is 11.2. The van der Waals surface area contributed by atoms with Crippen molar-refractivity contribution in [2.24, 2.45) is 24.8 Å². The van der Waals surface area contributed by atoms with Crippen molar-refractivity contribution in [3.05, 3.63) is 18.2 Å². The third-order valence-corrected chi connectivity index (χ3v) is 5.96. The van der Waals surface area contributed by atoms with Gasteiger partial charge >= 0.3 is 0 Å². The second kappa shape index (κ2) is 6.27. The molecule has 1 saturated heterocycles. The summed E-state index contributed by atoms with van der Waals surface area (Å²) in [6.45, 7) is 0.694. The molecule has 5 nitrogen and oxygen atoms in total. The molecule has 0 bridgehead atoms. The Morgan fingerprint density at radius 1 is 1.30 bits per heavy atom. The first kappa shape index (κ1) is 15.2. The van der Waals surface area contributed by atoms with Crippen LogP contribution < -0.4 is 5.32 Å². The summed E-state index contributed by atoms with van der Waals surface area (Å²) in [5, 5.41) is 3.26. The molecule has 1 aromatic rings. The maximum atomic E-state index is 12.6. The molecule has 2 heterocycles. The van der Waals surface area contributed by atoms with Crippen LogP contribution in [0.3, 0.4) is 0 Å². The summed E-state index contributed by atoms with van der Waals surface area (Å²) < 4.78 is 7.82. The van der Waals surface area contributed by atoms with E-state index >= 15 is 0 Å². The molecule has 1 amide bonds. The highest BCUT2D eigenvalue weighted by Crippen LogP contribution is 2.49. The van der Waals surface area contributed by atoms with Crippen LogP contribution in [-0.2, 0) is 16.6 Å². The minimum atomic E-state index is -0.106. The molecule has 1 aliphatic heterocycles. The average molecular weight is 317 g/mol. The number of carbonyl (C=O) groups excluding carboxylic acids is 1. The average Bonchev–Trinajstić information content (AvgIpc) is 3.08. The SMILES string of the molecule is Cn1ccnc1[C@H]1OCC[C@@H]1NC(=O)[C@H]1C[C@H]1C1CCCCC1. The molecule has 0 radical (unpaired) electrons. The molecule has 23 heavy (non-hydrogen) atoms. The number of aryl methyl sites for hydroxylation is 1. The van der Waals surface area contributed by atoms with Crippen molar-refractivity contribution in [3.63, 3.8) is 0 Å². The van der Waals surface area contributed by atoms with Gasteiger partial charge in [0.2, 0.25) is 5.91 Å². The summed E-state index contributed by atoms with van der Waals surface area (Å²) >= 11 is 0. The number of nitrogens with zero attached hydrogens (tertiary/aromatic N) is 2. The van der Waals surface area contributed by atoms with Gasteiger partial charge in [0.25, 0.3) is 0 Å². The van der Waals surface area contributed by atoms with E-state index in [0.29, 0.717) is 12.5 Å². The van der Waals surface area contributed by atoms with E-state index in [-0.39, 0.29) is 24.0 Å². The maximum Gasteiger partial charge on any atom is 0.223 e. The lowest BCUT2D eigenvalue weighted by atomic mass is 9.85. The van der Waals surface area contributed by atoms with Gasteiger partial charge in [-0.3, -0.25) is 4.79 Å². The van der Waals surface area contributed by atoms with Gasteiger partial charge in [-0.15, -0.1) is 0 Å². The molecule has 2 saturated carbocycles. The second-order valence-corrected chi connectivity index (χ2v) is 7.50. The van der Waals surface area contributed by atoms with Crippen LogP contribution in [0.25, 0.3) is 0 Å². The van der Waals surface area contributed by atoms with E-state index in [2.05, 4.69) is 10.3 Å². The van der Waals surface area contributed by atoms with Crippen molar-refractivity contribution in [2.45, 2.75) is 57.1 Å². The summed E-state index contributed by atoms with van der Waals surface area (Å²) in [6, 6.07) is 0.0659. The van der Waals surface area contributed by atoms with Gasteiger partial charge in [0.05, 0.1) is 6.04 Å².